The number of aryl methyl sites for hydroxylation is 1. The summed E-state index contributed by atoms with van der Waals surface area (Å²) in [5.74, 6) is -2.98. The number of para-hydroxylation sites is 1. The normalized spacial score (nSPS) is 21.2. The smallest absolute Gasteiger partial charge is 0.378 e. The van der Waals surface area contributed by atoms with E-state index in [1.54, 1.807) is 12.1 Å². The second kappa shape index (κ2) is 11.0. The zero-order valence-corrected chi connectivity index (χ0v) is 19.8. The number of ether oxygens (including phenoxy) is 5. The second-order valence-corrected chi connectivity index (χ2v) is 7.65. The molecule has 2 heterocycles. The van der Waals surface area contributed by atoms with Gasteiger partial charge in [-0.15, -0.1) is 5.10 Å². The van der Waals surface area contributed by atoms with E-state index in [-0.39, 0.29) is 18.4 Å². The highest BCUT2D eigenvalue weighted by molar-refractivity contribution is 5.85. The van der Waals surface area contributed by atoms with Gasteiger partial charge in [-0.25, -0.2) is 4.79 Å². The van der Waals surface area contributed by atoms with Crippen LogP contribution in [-0.2, 0) is 38.1 Å². The van der Waals surface area contributed by atoms with Crippen LogP contribution in [0.1, 0.15) is 43.2 Å². The van der Waals surface area contributed by atoms with Crippen LogP contribution in [0.25, 0.3) is 0 Å². The minimum atomic E-state index is -1.21. The van der Waals surface area contributed by atoms with Gasteiger partial charge in [-0.05, 0) is 18.6 Å². The molecular formula is C22H26N4O9. The molecule has 0 bridgehead atoms. The molecule has 1 aromatic carbocycles. The number of benzene rings is 1. The lowest BCUT2D eigenvalue weighted by atomic mass is 10.1. The van der Waals surface area contributed by atoms with Gasteiger partial charge in [-0.3, -0.25) is 14.4 Å². The molecule has 1 aliphatic rings. The molecule has 13 nitrogen and oxygen atoms in total. The van der Waals surface area contributed by atoms with Gasteiger partial charge in [-0.1, -0.05) is 18.2 Å². The Kier molecular flexibility index (Phi) is 8.02. The molecule has 0 radical (unpaired) electrons. The van der Waals surface area contributed by atoms with E-state index in [0.29, 0.717) is 5.69 Å². The van der Waals surface area contributed by atoms with E-state index in [1.165, 1.54) is 32.6 Å². The van der Waals surface area contributed by atoms with Gasteiger partial charge in [0, 0.05) is 26.5 Å². The quantitative estimate of drug-likeness (QED) is 0.420. The summed E-state index contributed by atoms with van der Waals surface area (Å²) in [5.41, 5.74) is 1.53. The summed E-state index contributed by atoms with van der Waals surface area (Å²) in [4.78, 5) is 51.5. The molecule has 0 amide bonds. The van der Waals surface area contributed by atoms with Crippen LogP contribution in [0.15, 0.2) is 24.3 Å². The summed E-state index contributed by atoms with van der Waals surface area (Å²) in [5, 5.41) is 7.27. The average Bonchev–Trinajstić information content (AvgIpc) is 3.34. The molecule has 0 unspecified atom stereocenters. The number of rotatable bonds is 8. The van der Waals surface area contributed by atoms with Crippen molar-refractivity contribution in [2.75, 3.05) is 19.0 Å². The number of nitrogens with zero attached hydrogens (tertiary/aromatic N) is 3. The van der Waals surface area contributed by atoms with Crippen LogP contribution in [-0.4, -0.2) is 70.7 Å². The molecule has 1 saturated heterocycles. The first kappa shape index (κ1) is 25.6. The van der Waals surface area contributed by atoms with Crippen molar-refractivity contribution in [1.82, 2.24) is 14.8 Å². The fourth-order valence-electron chi connectivity index (χ4n) is 3.49. The molecule has 1 fully saturated rings. The number of hydrogen-bond donors (Lipinski definition) is 1. The van der Waals surface area contributed by atoms with Gasteiger partial charge in [0.05, 0.1) is 7.11 Å². The molecule has 4 atom stereocenters. The average molecular weight is 490 g/mol. The van der Waals surface area contributed by atoms with Gasteiger partial charge in [0.1, 0.15) is 12.7 Å². The van der Waals surface area contributed by atoms with Crippen molar-refractivity contribution >= 4 is 35.5 Å². The van der Waals surface area contributed by atoms with Crippen LogP contribution in [0.3, 0.4) is 0 Å². The maximum absolute atomic E-state index is 12.2. The zero-order chi connectivity index (χ0) is 25.7. The molecule has 0 aliphatic carbocycles. The maximum atomic E-state index is 12.2. The first-order valence-corrected chi connectivity index (χ1v) is 10.6. The highest BCUT2D eigenvalue weighted by atomic mass is 16.7. The van der Waals surface area contributed by atoms with E-state index in [1.807, 2.05) is 19.1 Å². The third-order valence-corrected chi connectivity index (χ3v) is 4.97. The van der Waals surface area contributed by atoms with Crippen molar-refractivity contribution in [3.63, 3.8) is 0 Å². The number of methoxy groups -OCH3 is 1. The van der Waals surface area contributed by atoms with Crippen molar-refractivity contribution in [3.8, 4) is 0 Å². The Balaban J connectivity index is 2.07. The monoisotopic (exact) mass is 490 g/mol. The Hall–Kier alpha value is -4.00. The third kappa shape index (κ3) is 6.12. The van der Waals surface area contributed by atoms with E-state index in [2.05, 4.69) is 15.4 Å². The van der Waals surface area contributed by atoms with Gasteiger partial charge in [0.15, 0.2) is 18.4 Å². The Morgan fingerprint density at radius 3 is 2.29 bits per heavy atom. The van der Waals surface area contributed by atoms with E-state index in [4.69, 9.17) is 23.7 Å². The van der Waals surface area contributed by atoms with Crippen LogP contribution in [0.5, 0.6) is 0 Å². The Morgan fingerprint density at radius 1 is 1.03 bits per heavy atom. The molecule has 13 heteroatoms. The Bertz CT molecular complexity index is 1120. The first-order valence-electron chi connectivity index (χ1n) is 10.6. The first-order chi connectivity index (χ1) is 16.6. The van der Waals surface area contributed by atoms with Gasteiger partial charge in [0.2, 0.25) is 5.95 Å². The highest BCUT2D eigenvalue weighted by Crippen LogP contribution is 2.36. The van der Waals surface area contributed by atoms with Crippen LogP contribution in [0.2, 0.25) is 0 Å². The lowest BCUT2D eigenvalue weighted by molar-refractivity contribution is -0.166. The highest BCUT2D eigenvalue weighted by Gasteiger charge is 2.52. The summed E-state index contributed by atoms with van der Waals surface area (Å²) in [6.07, 6.45) is -4.56. The van der Waals surface area contributed by atoms with Crippen molar-refractivity contribution in [2.24, 2.45) is 0 Å². The second-order valence-electron chi connectivity index (χ2n) is 7.65. The van der Waals surface area contributed by atoms with Crippen LogP contribution in [0, 0.1) is 6.92 Å². The molecule has 1 N–H and O–H groups in total. The van der Waals surface area contributed by atoms with E-state index < -0.39 is 48.4 Å². The molecular weight excluding hydrogens is 464 g/mol. The molecule has 35 heavy (non-hydrogen) atoms. The van der Waals surface area contributed by atoms with Gasteiger partial charge < -0.3 is 29.0 Å². The van der Waals surface area contributed by atoms with Crippen LogP contribution < -0.4 is 5.32 Å². The number of hydrogen-bond acceptors (Lipinski definition) is 12. The lowest BCUT2D eigenvalue weighted by Crippen LogP contribution is -2.40. The minimum Gasteiger partial charge on any atom is -0.463 e. The molecule has 2 aromatic rings. The topological polar surface area (TPSA) is 157 Å². The zero-order valence-electron chi connectivity index (χ0n) is 19.8. The summed E-state index contributed by atoms with van der Waals surface area (Å²) >= 11 is 0. The number of carbonyl (C=O) groups excluding carboxylic acids is 4. The summed E-state index contributed by atoms with van der Waals surface area (Å²) in [6, 6.07) is 7.31. The minimum absolute atomic E-state index is 0.0663. The van der Waals surface area contributed by atoms with E-state index in [9.17, 15) is 19.2 Å². The Labute approximate surface area is 200 Å². The standard InChI is InChI=1S/C22H26N4O9/c1-11-8-6-7-9-15(11)23-22-24-19(21(30)31-5)25-26(22)20-18(34-14(4)29)17(33-13(3)28)16(35-20)10-32-12(2)27/h6-9,16-18,20H,10H2,1-5H3,(H,23,24,25)/t16-,17-,18-,20-/m1/s1. The van der Waals surface area contributed by atoms with E-state index in [0.717, 1.165) is 5.56 Å². The Morgan fingerprint density at radius 2 is 1.69 bits per heavy atom. The van der Waals surface area contributed by atoms with Crippen molar-refractivity contribution < 1.29 is 42.9 Å². The number of anilines is 2. The van der Waals surface area contributed by atoms with Crippen molar-refractivity contribution in [3.05, 3.63) is 35.7 Å². The largest absolute Gasteiger partial charge is 0.463 e. The summed E-state index contributed by atoms with van der Waals surface area (Å²) < 4.78 is 27.8. The van der Waals surface area contributed by atoms with Crippen LogP contribution >= 0.6 is 0 Å². The molecule has 0 spiro atoms. The maximum Gasteiger partial charge on any atom is 0.378 e. The predicted molar refractivity (Wildman–Crippen MR) is 117 cm³/mol. The summed E-state index contributed by atoms with van der Waals surface area (Å²) in [6.45, 7) is 5.14. The molecule has 3 rings (SSSR count). The van der Waals surface area contributed by atoms with Gasteiger partial charge in [-0.2, -0.15) is 9.67 Å². The van der Waals surface area contributed by atoms with Crippen LogP contribution in [0.4, 0.5) is 11.6 Å². The summed E-state index contributed by atoms with van der Waals surface area (Å²) in [7, 11) is 1.18. The van der Waals surface area contributed by atoms with Crippen molar-refractivity contribution in [1.29, 1.82) is 0 Å². The third-order valence-electron chi connectivity index (χ3n) is 4.97. The van der Waals surface area contributed by atoms with E-state index >= 15 is 0 Å². The SMILES string of the molecule is COC(=O)c1nc(Nc2ccccc2C)n([C@@H]2O[C@H](COC(C)=O)[C@@H](OC(C)=O)[C@H]2OC(C)=O)n1. The van der Waals surface area contributed by atoms with Gasteiger partial charge in [0.25, 0.3) is 5.82 Å². The molecule has 0 saturated carbocycles. The molecule has 188 valence electrons. The predicted octanol–water partition coefficient (Wildman–Crippen LogP) is 1.44. The fourth-order valence-corrected chi connectivity index (χ4v) is 3.49. The number of esters is 4. The lowest BCUT2D eigenvalue weighted by Gasteiger charge is -2.23. The molecule has 1 aliphatic heterocycles. The number of carbonyl (C=O) groups is 4. The fraction of sp³-hybridized carbons (Fsp3) is 0.455. The number of aromatic nitrogens is 3. The molecule has 1 aromatic heterocycles. The number of nitrogens with one attached hydrogen (secondary N) is 1. The van der Waals surface area contributed by atoms with Gasteiger partial charge >= 0.3 is 23.9 Å². The van der Waals surface area contributed by atoms with Crippen molar-refractivity contribution in [2.45, 2.75) is 52.2 Å².